The van der Waals surface area contributed by atoms with Crippen LogP contribution in [0.3, 0.4) is 0 Å². The topological polar surface area (TPSA) is 105 Å². The Bertz CT molecular complexity index is 900. The number of sulfonamides is 1. The molecule has 0 radical (unpaired) electrons. The van der Waals surface area contributed by atoms with Gasteiger partial charge in [-0.1, -0.05) is 6.07 Å². The van der Waals surface area contributed by atoms with Crippen LogP contribution in [0.15, 0.2) is 45.8 Å². The summed E-state index contributed by atoms with van der Waals surface area (Å²) in [6.45, 7) is 2.01. The van der Waals surface area contributed by atoms with Crippen LogP contribution < -0.4 is 5.32 Å². The molecule has 1 aromatic heterocycles. The minimum atomic E-state index is -3.61. The van der Waals surface area contributed by atoms with Crippen LogP contribution >= 0.6 is 11.3 Å². The number of carbonyl (C=O) groups is 2. The van der Waals surface area contributed by atoms with E-state index in [1.807, 2.05) is 17.5 Å². The van der Waals surface area contributed by atoms with Crippen molar-refractivity contribution in [2.45, 2.75) is 19.6 Å². The van der Waals surface area contributed by atoms with Crippen LogP contribution in [0, 0.1) is 0 Å². The zero-order valence-electron chi connectivity index (χ0n) is 13.9. The van der Waals surface area contributed by atoms with Crippen LogP contribution in [0.5, 0.6) is 0 Å². The third kappa shape index (κ3) is 4.20. The number of nitrogens with zero attached hydrogens (tertiary/aromatic N) is 2. The number of amides is 1. The molecule has 8 nitrogen and oxygen atoms in total. The molecule has 0 fully saturated rings. The van der Waals surface area contributed by atoms with Crippen LogP contribution in [0.2, 0.25) is 0 Å². The predicted octanol–water partition coefficient (Wildman–Crippen LogP) is 0.794. The predicted molar refractivity (Wildman–Crippen MR) is 96.9 cm³/mol. The van der Waals surface area contributed by atoms with E-state index in [0.29, 0.717) is 6.54 Å². The minimum Gasteiger partial charge on any atom is -0.449 e. The molecule has 0 saturated carbocycles. The molecular weight excluding hydrogens is 378 g/mol. The Morgan fingerprint density at radius 2 is 2.27 bits per heavy atom. The fraction of sp³-hybridized carbons (Fsp3) is 0.312. The Balaban J connectivity index is 1.65. The van der Waals surface area contributed by atoms with Gasteiger partial charge in [0.2, 0.25) is 0 Å². The number of ether oxygens (including phenoxy) is 1. The summed E-state index contributed by atoms with van der Waals surface area (Å²) in [5.41, 5.74) is 0.00804. The molecule has 2 aliphatic heterocycles. The average molecular weight is 395 g/mol. The van der Waals surface area contributed by atoms with E-state index in [9.17, 15) is 18.0 Å². The van der Waals surface area contributed by atoms with E-state index < -0.39 is 28.0 Å². The van der Waals surface area contributed by atoms with Gasteiger partial charge < -0.3 is 15.0 Å². The number of allylic oxidation sites excluding steroid dienone is 2. The average Bonchev–Trinajstić information content (AvgIpc) is 3.11. The van der Waals surface area contributed by atoms with Crippen molar-refractivity contribution in [3.63, 3.8) is 0 Å². The largest absolute Gasteiger partial charge is 0.449 e. The molecule has 10 heteroatoms. The second-order valence-electron chi connectivity index (χ2n) is 5.66. The van der Waals surface area contributed by atoms with Gasteiger partial charge in [0.1, 0.15) is 5.57 Å². The highest BCUT2D eigenvalue weighted by Crippen LogP contribution is 2.19. The number of rotatable bonds is 5. The Morgan fingerprint density at radius 1 is 1.46 bits per heavy atom. The third-order valence-electron chi connectivity index (χ3n) is 3.75. The van der Waals surface area contributed by atoms with Gasteiger partial charge in [0.05, 0.1) is 12.3 Å². The molecule has 0 unspecified atom stereocenters. The van der Waals surface area contributed by atoms with Gasteiger partial charge in [-0.05, 0) is 30.5 Å². The quantitative estimate of drug-likeness (QED) is 0.739. The molecule has 3 heterocycles. The highest BCUT2D eigenvalue weighted by atomic mass is 32.2. The lowest BCUT2D eigenvalue weighted by Crippen LogP contribution is -2.41. The van der Waals surface area contributed by atoms with Gasteiger partial charge in [-0.2, -0.15) is 0 Å². The number of fused-ring (bicyclic) bond motifs is 1. The van der Waals surface area contributed by atoms with Gasteiger partial charge in [0, 0.05) is 17.6 Å². The number of carbonyl (C=O) groups excluding carboxylic acids is 2. The Kier molecular flexibility index (Phi) is 5.23. The molecular formula is C16H17N3O5S2. The SMILES string of the molecule is C[C@H](OC(=O)C1=CC=CN2CCS(=O)(=O)N=C12)C(=O)NCc1cccs1. The highest BCUT2D eigenvalue weighted by molar-refractivity contribution is 7.90. The second-order valence-corrected chi connectivity index (χ2v) is 8.45. The number of amidine groups is 1. The van der Waals surface area contributed by atoms with Crippen LogP contribution in [-0.4, -0.2) is 49.4 Å². The summed E-state index contributed by atoms with van der Waals surface area (Å²) in [5.74, 6) is -1.33. The maximum atomic E-state index is 12.4. The van der Waals surface area contributed by atoms with Gasteiger partial charge in [0.15, 0.2) is 11.9 Å². The first-order valence-corrected chi connectivity index (χ1v) is 10.3. The maximum Gasteiger partial charge on any atom is 0.342 e. The van der Waals surface area contributed by atoms with Crippen molar-refractivity contribution in [1.82, 2.24) is 10.2 Å². The van der Waals surface area contributed by atoms with E-state index in [0.717, 1.165) is 4.88 Å². The molecule has 26 heavy (non-hydrogen) atoms. The van der Waals surface area contributed by atoms with E-state index in [1.165, 1.54) is 24.3 Å². The van der Waals surface area contributed by atoms with Crippen molar-refractivity contribution in [2.24, 2.45) is 4.40 Å². The third-order valence-corrected chi connectivity index (χ3v) is 5.77. The molecule has 0 spiro atoms. The molecule has 0 saturated heterocycles. The summed E-state index contributed by atoms with van der Waals surface area (Å²) in [6.07, 6.45) is 3.65. The lowest BCUT2D eigenvalue weighted by Gasteiger charge is -2.28. The molecule has 0 bridgehead atoms. The van der Waals surface area contributed by atoms with Crippen LogP contribution in [0.4, 0.5) is 0 Å². The lowest BCUT2D eigenvalue weighted by atomic mass is 10.1. The normalized spacial score (nSPS) is 19.0. The first kappa shape index (κ1) is 18.3. The van der Waals surface area contributed by atoms with Crippen molar-refractivity contribution in [1.29, 1.82) is 0 Å². The van der Waals surface area contributed by atoms with E-state index in [2.05, 4.69) is 9.71 Å². The summed E-state index contributed by atoms with van der Waals surface area (Å²) < 4.78 is 32.3. The number of nitrogens with one attached hydrogen (secondary N) is 1. The van der Waals surface area contributed by atoms with Crippen molar-refractivity contribution >= 4 is 39.1 Å². The highest BCUT2D eigenvalue weighted by Gasteiger charge is 2.32. The van der Waals surface area contributed by atoms with Crippen molar-refractivity contribution < 1.29 is 22.7 Å². The van der Waals surface area contributed by atoms with Crippen molar-refractivity contribution in [3.8, 4) is 0 Å². The fourth-order valence-electron chi connectivity index (χ4n) is 2.38. The summed E-state index contributed by atoms with van der Waals surface area (Å²) in [7, 11) is -3.61. The minimum absolute atomic E-state index is 0.00804. The summed E-state index contributed by atoms with van der Waals surface area (Å²) >= 11 is 1.51. The first-order chi connectivity index (χ1) is 12.4. The summed E-state index contributed by atoms with van der Waals surface area (Å²) in [6, 6.07) is 3.76. The zero-order valence-corrected chi connectivity index (χ0v) is 15.5. The van der Waals surface area contributed by atoms with E-state index in [-0.39, 0.29) is 23.7 Å². The van der Waals surface area contributed by atoms with Gasteiger partial charge in [-0.15, -0.1) is 15.7 Å². The summed E-state index contributed by atoms with van der Waals surface area (Å²) in [5, 5.41) is 4.59. The second kappa shape index (κ2) is 7.42. The van der Waals surface area contributed by atoms with Crippen LogP contribution in [0.25, 0.3) is 0 Å². The van der Waals surface area contributed by atoms with Crippen LogP contribution in [-0.2, 0) is 30.9 Å². The molecule has 1 aromatic rings. The van der Waals surface area contributed by atoms with E-state index >= 15 is 0 Å². The van der Waals surface area contributed by atoms with Crippen LogP contribution in [0.1, 0.15) is 11.8 Å². The molecule has 0 aromatic carbocycles. The lowest BCUT2D eigenvalue weighted by molar-refractivity contribution is -0.150. The molecule has 138 valence electrons. The molecule has 2 aliphatic rings. The molecule has 1 N–H and O–H groups in total. The fourth-order valence-corrected chi connectivity index (χ4v) is 4.01. The molecule has 1 amide bonds. The van der Waals surface area contributed by atoms with Crippen molar-refractivity contribution in [3.05, 3.63) is 46.3 Å². The van der Waals surface area contributed by atoms with Gasteiger partial charge in [0.25, 0.3) is 15.9 Å². The van der Waals surface area contributed by atoms with E-state index in [1.54, 1.807) is 17.2 Å². The van der Waals surface area contributed by atoms with Gasteiger partial charge in [-0.25, -0.2) is 13.2 Å². The number of esters is 1. The van der Waals surface area contributed by atoms with Gasteiger partial charge >= 0.3 is 5.97 Å². The standard InChI is InChI=1S/C16H17N3O5S2/c1-11(15(20)17-10-12-4-3-8-25-12)24-16(21)13-5-2-6-19-7-9-26(22,23)18-14(13)19/h2-6,8,11H,7,9-10H2,1H3,(H,17,20)/t11-/m0/s1. The maximum absolute atomic E-state index is 12.4. The number of hydrogen-bond acceptors (Lipinski definition) is 7. The zero-order chi connectivity index (χ0) is 18.7. The van der Waals surface area contributed by atoms with E-state index in [4.69, 9.17) is 4.74 Å². The first-order valence-electron chi connectivity index (χ1n) is 7.85. The summed E-state index contributed by atoms with van der Waals surface area (Å²) in [4.78, 5) is 27.0. The molecule has 1 atom stereocenters. The Hall–Kier alpha value is -2.46. The molecule has 0 aliphatic carbocycles. The number of hydrogen-bond donors (Lipinski definition) is 1. The monoisotopic (exact) mass is 395 g/mol. The Labute approximate surface area is 154 Å². The smallest absolute Gasteiger partial charge is 0.342 e. The number of thiophene rings is 1. The van der Waals surface area contributed by atoms with Gasteiger partial charge in [-0.3, -0.25) is 4.79 Å². The molecule has 3 rings (SSSR count). The van der Waals surface area contributed by atoms with Crippen molar-refractivity contribution in [2.75, 3.05) is 12.3 Å². The Morgan fingerprint density at radius 3 is 3.00 bits per heavy atom.